The van der Waals surface area contributed by atoms with Crippen LogP contribution in [0.4, 0.5) is 0 Å². The number of ether oxygens (including phenoxy) is 1. The number of halogens is 1. The summed E-state index contributed by atoms with van der Waals surface area (Å²) in [6, 6.07) is 7.06. The predicted molar refractivity (Wildman–Crippen MR) is 75.6 cm³/mol. The minimum absolute atomic E-state index is 0.0445. The molecule has 104 valence electrons. The molecule has 0 saturated carbocycles. The molecule has 1 heterocycles. The van der Waals surface area contributed by atoms with Gasteiger partial charge in [-0.1, -0.05) is 11.6 Å². The highest BCUT2D eigenvalue weighted by atomic mass is 35.5. The Labute approximate surface area is 118 Å². The van der Waals surface area contributed by atoms with Crippen LogP contribution in [0.15, 0.2) is 24.3 Å². The number of hydrogen-bond donors (Lipinski definition) is 0. The highest BCUT2D eigenvalue weighted by Crippen LogP contribution is 2.17. The van der Waals surface area contributed by atoms with Crippen LogP contribution in [0, 0.1) is 0 Å². The second-order valence-electron chi connectivity index (χ2n) is 4.84. The third kappa shape index (κ3) is 3.85. The van der Waals surface area contributed by atoms with Gasteiger partial charge in [0, 0.05) is 31.2 Å². The topological polar surface area (TPSA) is 32.8 Å². The second-order valence-corrected chi connectivity index (χ2v) is 5.28. The van der Waals surface area contributed by atoms with Gasteiger partial charge in [0.25, 0.3) is 5.91 Å². The van der Waals surface area contributed by atoms with Crippen LogP contribution in [0.1, 0.15) is 6.92 Å². The van der Waals surface area contributed by atoms with Crippen molar-refractivity contribution in [1.29, 1.82) is 0 Å². The number of benzene rings is 1. The van der Waals surface area contributed by atoms with Gasteiger partial charge in [-0.3, -0.25) is 4.79 Å². The van der Waals surface area contributed by atoms with Crippen LogP contribution in [0.5, 0.6) is 5.75 Å². The molecule has 1 aliphatic heterocycles. The van der Waals surface area contributed by atoms with Gasteiger partial charge in [0.05, 0.1) is 0 Å². The maximum absolute atomic E-state index is 12.2. The molecule has 1 aliphatic rings. The van der Waals surface area contributed by atoms with E-state index >= 15 is 0 Å². The van der Waals surface area contributed by atoms with Crippen molar-refractivity contribution in [3.8, 4) is 5.75 Å². The number of likely N-dealkylation sites (N-methyl/N-ethyl adjacent to an activating group) is 1. The summed E-state index contributed by atoms with van der Waals surface area (Å²) in [4.78, 5) is 16.3. The number of hydrogen-bond acceptors (Lipinski definition) is 3. The molecular formula is C14H19ClN2O2. The summed E-state index contributed by atoms with van der Waals surface area (Å²) < 4.78 is 5.65. The summed E-state index contributed by atoms with van der Waals surface area (Å²) >= 11 is 5.81. The Bertz CT molecular complexity index is 428. The highest BCUT2D eigenvalue weighted by molar-refractivity contribution is 6.30. The number of rotatable bonds is 3. The zero-order chi connectivity index (χ0) is 13.8. The molecular weight excluding hydrogens is 264 g/mol. The lowest BCUT2D eigenvalue weighted by Gasteiger charge is -2.33. The van der Waals surface area contributed by atoms with Gasteiger partial charge in [-0.15, -0.1) is 0 Å². The molecule has 1 aromatic carbocycles. The van der Waals surface area contributed by atoms with Gasteiger partial charge in [0.2, 0.25) is 0 Å². The zero-order valence-electron chi connectivity index (χ0n) is 11.3. The van der Waals surface area contributed by atoms with Gasteiger partial charge < -0.3 is 14.5 Å². The largest absolute Gasteiger partial charge is 0.481 e. The lowest BCUT2D eigenvalue weighted by Crippen LogP contribution is -2.50. The lowest BCUT2D eigenvalue weighted by molar-refractivity contribution is -0.139. The first kappa shape index (κ1) is 14.2. The first-order valence-electron chi connectivity index (χ1n) is 6.46. The van der Waals surface area contributed by atoms with Crippen molar-refractivity contribution < 1.29 is 9.53 Å². The van der Waals surface area contributed by atoms with Gasteiger partial charge in [-0.05, 0) is 38.2 Å². The summed E-state index contributed by atoms with van der Waals surface area (Å²) in [5.74, 6) is 0.711. The molecule has 5 heteroatoms. The average Bonchev–Trinajstić information content (AvgIpc) is 2.41. The molecule has 0 bridgehead atoms. The van der Waals surface area contributed by atoms with Crippen molar-refractivity contribution in [1.82, 2.24) is 9.80 Å². The zero-order valence-corrected chi connectivity index (χ0v) is 12.1. The van der Waals surface area contributed by atoms with Crippen molar-refractivity contribution in [2.24, 2.45) is 0 Å². The maximum Gasteiger partial charge on any atom is 0.263 e. The molecule has 0 radical (unpaired) electrons. The fraction of sp³-hybridized carbons (Fsp3) is 0.500. The van der Waals surface area contributed by atoms with E-state index in [0.29, 0.717) is 10.8 Å². The highest BCUT2D eigenvalue weighted by Gasteiger charge is 2.24. The Balaban J connectivity index is 1.90. The minimum Gasteiger partial charge on any atom is -0.481 e. The van der Waals surface area contributed by atoms with Crippen molar-refractivity contribution in [3.05, 3.63) is 29.3 Å². The van der Waals surface area contributed by atoms with Crippen LogP contribution in [0.3, 0.4) is 0 Å². The quantitative estimate of drug-likeness (QED) is 0.849. The molecule has 1 aromatic rings. The lowest BCUT2D eigenvalue weighted by atomic mass is 10.2. The summed E-state index contributed by atoms with van der Waals surface area (Å²) in [6.45, 7) is 5.15. The summed E-state index contributed by atoms with van der Waals surface area (Å²) in [5.41, 5.74) is 0. The van der Waals surface area contributed by atoms with Gasteiger partial charge >= 0.3 is 0 Å². The fourth-order valence-corrected chi connectivity index (χ4v) is 2.18. The molecule has 0 aliphatic carbocycles. The van der Waals surface area contributed by atoms with Crippen LogP contribution in [-0.2, 0) is 4.79 Å². The van der Waals surface area contributed by atoms with E-state index in [1.54, 1.807) is 31.2 Å². The van der Waals surface area contributed by atoms with Crippen LogP contribution in [0.25, 0.3) is 0 Å². The molecule has 1 unspecified atom stereocenters. The minimum atomic E-state index is -0.468. The average molecular weight is 283 g/mol. The molecule has 19 heavy (non-hydrogen) atoms. The molecule has 1 saturated heterocycles. The van der Waals surface area contributed by atoms with E-state index in [2.05, 4.69) is 11.9 Å². The number of nitrogens with zero attached hydrogens (tertiary/aromatic N) is 2. The van der Waals surface area contributed by atoms with E-state index in [0.717, 1.165) is 26.2 Å². The third-order valence-corrected chi connectivity index (χ3v) is 3.54. The smallest absolute Gasteiger partial charge is 0.263 e. The van der Waals surface area contributed by atoms with Crippen LogP contribution in [-0.4, -0.2) is 55.0 Å². The Morgan fingerprint density at radius 3 is 2.37 bits per heavy atom. The number of carbonyl (C=O) groups is 1. The van der Waals surface area contributed by atoms with E-state index < -0.39 is 6.10 Å². The van der Waals surface area contributed by atoms with E-state index in [1.807, 2.05) is 4.90 Å². The van der Waals surface area contributed by atoms with Crippen LogP contribution in [0.2, 0.25) is 5.02 Å². The standard InChI is InChI=1S/C14H19ClN2O2/c1-11(19-13-5-3-12(15)4-6-13)14(18)17-9-7-16(2)8-10-17/h3-6,11H,7-10H2,1-2H3. The van der Waals surface area contributed by atoms with Crippen LogP contribution < -0.4 is 4.74 Å². The maximum atomic E-state index is 12.2. The molecule has 1 fully saturated rings. The molecule has 0 spiro atoms. The van der Waals surface area contributed by atoms with Crippen molar-refractivity contribution >= 4 is 17.5 Å². The van der Waals surface area contributed by atoms with E-state index in [9.17, 15) is 4.79 Å². The normalized spacial score (nSPS) is 18.2. The van der Waals surface area contributed by atoms with E-state index in [1.165, 1.54) is 0 Å². The monoisotopic (exact) mass is 282 g/mol. The Hall–Kier alpha value is -1.26. The first-order chi connectivity index (χ1) is 9.06. The number of carbonyl (C=O) groups excluding carboxylic acids is 1. The summed E-state index contributed by atoms with van der Waals surface area (Å²) in [7, 11) is 2.06. The molecule has 4 nitrogen and oxygen atoms in total. The van der Waals surface area contributed by atoms with E-state index in [-0.39, 0.29) is 5.91 Å². The molecule has 2 rings (SSSR count). The molecule has 1 atom stereocenters. The summed E-state index contributed by atoms with van der Waals surface area (Å²) in [6.07, 6.45) is -0.468. The van der Waals surface area contributed by atoms with Crippen molar-refractivity contribution in [3.63, 3.8) is 0 Å². The number of piperazine rings is 1. The Morgan fingerprint density at radius 1 is 1.21 bits per heavy atom. The van der Waals surface area contributed by atoms with Gasteiger partial charge in [0.15, 0.2) is 6.10 Å². The van der Waals surface area contributed by atoms with Crippen molar-refractivity contribution in [2.45, 2.75) is 13.0 Å². The predicted octanol–water partition coefficient (Wildman–Crippen LogP) is 1.88. The van der Waals surface area contributed by atoms with E-state index in [4.69, 9.17) is 16.3 Å². The molecule has 1 amide bonds. The van der Waals surface area contributed by atoms with Gasteiger partial charge in [0.1, 0.15) is 5.75 Å². The van der Waals surface area contributed by atoms with Crippen molar-refractivity contribution in [2.75, 3.05) is 33.2 Å². The molecule has 0 N–H and O–H groups in total. The number of amides is 1. The summed E-state index contributed by atoms with van der Waals surface area (Å²) in [5, 5.41) is 0.658. The second kappa shape index (κ2) is 6.26. The molecule has 0 aromatic heterocycles. The Kier molecular flexibility index (Phi) is 4.66. The third-order valence-electron chi connectivity index (χ3n) is 3.29. The van der Waals surface area contributed by atoms with Gasteiger partial charge in [-0.2, -0.15) is 0 Å². The SMILES string of the molecule is CC(Oc1ccc(Cl)cc1)C(=O)N1CCN(C)CC1. The Morgan fingerprint density at radius 2 is 1.79 bits per heavy atom. The fourth-order valence-electron chi connectivity index (χ4n) is 2.05. The van der Waals surface area contributed by atoms with Crippen LogP contribution >= 0.6 is 11.6 Å². The first-order valence-corrected chi connectivity index (χ1v) is 6.83. The van der Waals surface area contributed by atoms with Gasteiger partial charge in [-0.25, -0.2) is 0 Å².